The quantitative estimate of drug-likeness (QED) is 0.492. The molecule has 1 rings (SSSR count). The van der Waals surface area contributed by atoms with Crippen LogP contribution in [0.15, 0.2) is 16.6 Å². The molecule has 0 atom stereocenters. The van der Waals surface area contributed by atoms with Gasteiger partial charge in [0.15, 0.2) is 0 Å². The lowest BCUT2D eigenvalue weighted by Crippen LogP contribution is -2.47. The van der Waals surface area contributed by atoms with Crippen molar-refractivity contribution in [1.82, 2.24) is 0 Å². The van der Waals surface area contributed by atoms with E-state index in [9.17, 15) is 0 Å². The van der Waals surface area contributed by atoms with Gasteiger partial charge in [-0.3, -0.25) is 0 Å². The molecule has 0 spiro atoms. The molecule has 0 bridgehead atoms. The summed E-state index contributed by atoms with van der Waals surface area (Å²) in [7, 11) is -2.50. The summed E-state index contributed by atoms with van der Waals surface area (Å²) >= 11 is 6.30. The Balaban J connectivity index is 3.51. The van der Waals surface area contributed by atoms with Crippen molar-refractivity contribution in [2.75, 3.05) is 0 Å². The van der Waals surface area contributed by atoms with Crippen molar-refractivity contribution >= 4 is 65.0 Å². The van der Waals surface area contributed by atoms with E-state index in [2.05, 4.69) is 89.9 Å². The van der Waals surface area contributed by atoms with Gasteiger partial charge in [-0.1, -0.05) is 55.2 Å². The topological polar surface area (TPSA) is 0 Å². The van der Waals surface area contributed by atoms with Crippen LogP contribution in [0.3, 0.4) is 0 Å². The van der Waals surface area contributed by atoms with Crippen LogP contribution in [-0.4, -0.2) is 16.1 Å². The van der Waals surface area contributed by atoms with E-state index in [4.69, 9.17) is 0 Å². The van der Waals surface area contributed by atoms with Gasteiger partial charge in [0.25, 0.3) is 0 Å². The molecule has 0 aliphatic carbocycles. The first kappa shape index (κ1) is 14.9. The second-order valence-corrected chi connectivity index (χ2v) is 18.4. The predicted molar refractivity (Wildman–Crippen MR) is 92.8 cm³/mol. The number of rotatable bonds is 2. The number of hydrogen-bond donors (Lipinski definition) is 0. The smallest absolute Gasteiger partial charge is 0.0656 e. The third kappa shape index (κ3) is 3.43. The van der Waals surface area contributed by atoms with Crippen LogP contribution in [0.4, 0.5) is 0 Å². The lowest BCUT2D eigenvalue weighted by molar-refractivity contribution is 1.60. The van der Waals surface area contributed by atoms with Crippen molar-refractivity contribution in [1.29, 1.82) is 0 Å². The summed E-state index contributed by atoms with van der Waals surface area (Å²) in [5.74, 6) is 0. The first-order valence-corrected chi connectivity index (χ1v) is 14.4. The van der Waals surface area contributed by atoms with Crippen molar-refractivity contribution in [3.05, 3.63) is 20.2 Å². The standard InChI is InChI=1S/C12H20BrISi2/c1-15(2,3)10-7-9(14)8-11(12(10)13)16(4,5)6/h7-8H,1-6H3. The van der Waals surface area contributed by atoms with Gasteiger partial charge in [-0.25, -0.2) is 0 Å². The zero-order chi connectivity index (χ0) is 12.7. The molecule has 16 heavy (non-hydrogen) atoms. The van der Waals surface area contributed by atoms with Crippen molar-refractivity contribution in [2.45, 2.75) is 39.3 Å². The van der Waals surface area contributed by atoms with E-state index < -0.39 is 16.1 Å². The molecule has 0 nitrogen and oxygen atoms in total. The Bertz CT molecular complexity index is 367. The van der Waals surface area contributed by atoms with Gasteiger partial charge in [-0.05, 0) is 45.1 Å². The molecule has 0 unspecified atom stereocenters. The second kappa shape index (κ2) is 4.86. The van der Waals surface area contributed by atoms with Crippen LogP contribution in [0.25, 0.3) is 0 Å². The summed E-state index contributed by atoms with van der Waals surface area (Å²) in [6, 6.07) is 4.72. The van der Waals surface area contributed by atoms with Crippen LogP contribution < -0.4 is 10.4 Å². The second-order valence-electron chi connectivity index (χ2n) is 6.31. The molecule has 0 aliphatic heterocycles. The Hall–Kier alpha value is 0.864. The maximum Gasteiger partial charge on any atom is 0.0791 e. The SMILES string of the molecule is C[Si](C)(C)c1cc(I)cc([Si](C)(C)C)c1Br. The Morgan fingerprint density at radius 2 is 1.19 bits per heavy atom. The summed E-state index contributed by atoms with van der Waals surface area (Å²) in [6.45, 7) is 14.5. The third-order valence-corrected chi connectivity index (χ3v) is 8.88. The molecular weight excluding hydrogens is 407 g/mol. The Labute approximate surface area is 124 Å². The van der Waals surface area contributed by atoms with Crippen molar-refractivity contribution in [2.24, 2.45) is 0 Å². The highest BCUT2D eigenvalue weighted by molar-refractivity contribution is 14.1. The zero-order valence-corrected chi connectivity index (χ0v) is 16.7. The van der Waals surface area contributed by atoms with E-state index in [1.165, 1.54) is 8.04 Å². The first-order chi connectivity index (χ1) is 7.03. The minimum atomic E-state index is -1.25. The highest BCUT2D eigenvalue weighted by Crippen LogP contribution is 2.18. The molecule has 0 aliphatic rings. The molecule has 0 N–H and O–H groups in total. The summed E-state index contributed by atoms with van der Waals surface area (Å²) in [6.07, 6.45) is 0. The fourth-order valence-electron chi connectivity index (χ4n) is 1.68. The van der Waals surface area contributed by atoms with Crippen LogP contribution in [0.2, 0.25) is 39.3 Å². The van der Waals surface area contributed by atoms with E-state index in [-0.39, 0.29) is 0 Å². The molecule has 0 aromatic heterocycles. The normalized spacial score (nSPS) is 13.0. The number of benzene rings is 1. The summed E-state index contributed by atoms with van der Waals surface area (Å²) in [5, 5.41) is 3.13. The summed E-state index contributed by atoms with van der Waals surface area (Å²) in [4.78, 5) is 0. The maximum atomic E-state index is 3.85. The number of halogens is 2. The minimum Gasteiger partial charge on any atom is -0.0656 e. The van der Waals surface area contributed by atoms with Gasteiger partial charge in [0.2, 0.25) is 0 Å². The van der Waals surface area contributed by atoms with E-state index in [1.54, 1.807) is 10.4 Å². The van der Waals surface area contributed by atoms with Crippen LogP contribution in [0.1, 0.15) is 0 Å². The molecule has 0 radical (unpaired) electrons. The number of hydrogen-bond acceptors (Lipinski definition) is 0. The van der Waals surface area contributed by atoms with Gasteiger partial charge in [-0.15, -0.1) is 0 Å². The van der Waals surface area contributed by atoms with Gasteiger partial charge < -0.3 is 0 Å². The summed E-state index contributed by atoms with van der Waals surface area (Å²) in [5.41, 5.74) is 0. The average molecular weight is 427 g/mol. The van der Waals surface area contributed by atoms with Crippen molar-refractivity contribution < 1.29 is 0 Å². The Kier molecular flexibility index (Phi) is 4.53. The van der Waals surface area contributed by atoms with Crippen molar-refractivity contribution in [3.8, 4) is 0 Å². The van der Waals surface area contributed by atoms with E-state index in [0.717, 1.165) is 0 Å². The van der Waals surface area contributed by atoms with Crippen molar-refractivity contribution in [3.63, 3.8) is 0 Å². The molecule has 90 valence electrons. The monoisotopic (exact) mass is 426 g/mol. The maximum absolute atomic E-state index is 3.85. The third-order valence-electron chi connectivity index (χ3n) is 2.65. The fraction of sp³-hybridized carbons (Fsp3) is 0.500. The molecule has 0 saturated carbocycles. The van der Waals surface area contributed by atoms with Gasteiger partial charge in [0.05, 0.1) is 16.1 Å². The molecule has 1 aromatic rings. The zero-order valence-electron chi connectivity index (χ0n) is 10.9. The highest BCUT2D eigenvalue weighted by Gasteiger charge is 2.26. The van der Waals surface area contributed by atoms with Crippen LogP contribution >= 0.6 is 38.5 Å². The molecule has 0 fully saturated rings. The van der Waals surface area contributed by atoms with E-state index in [1.807, 2.05) is 0 Å². The van der Waals surface area contributed by atoms with Gasteiger partial charge in [-0.2, -0.15) is 0 Å². The molecule has 0 heterocycles. The molecule has 0 saturated heterocycles. The highest BCUT2D eigenvalue weighted by atomic mass is 127. The first-order valence-electron chi connectivity index (χ1n) is 5.53. The van der Waals surface area contributed by atoms with Crippen LogP contribution in [0.5, 0.6) is 0 Å². The van der Waals surface area contributed by atoms with Gasteiger partial charge in [0, 0.05) is 8.04 Å². The lowest BCUT2D eigenvalue weighted by Gasteiger charge is -2.26. The largest absolute Gasteiger partial charge is 0.0791 e. The van der Waals surface area contributed by atoms with E-state index >= 15 is 0 Å². The van der Waals surface area contributed by atoms with Crippen LogP contribution in [0, 0.1) is 3.57 Å². The molecule has 1 aromatic carbocycles. The van der Waals surface area contributed by atoms with E-state index in [0.29, 0.717) is 0 Å². The Morgan fingerprint density at radius 3 is 1.44 bits per heavy atom. The summed E-state index contributed by atoms with van der Waals surface area (Å²) < 4.78 is 2.78. The predicted octanol–water partition coefficient (Wildman–Crippen LogP) is 4.14. The Morgan fingerprint density at radius 1 is 0.875 bits per heavy atom. The average Bonchev–Trinajstić information content (AvgIpc) is 2.04. The van der Waals surface area contributed by atoms with Gasteiger partial charge >= 0.3 is 0 Å². The van der Waals surface area contributed by atoms with Gasteiger partial charge in [0.1, 0.15) is 0 Å². The van der Waals surface area contributed by atoms with Crippen LogP contribution in [-0.2, 0) is 0 Å². The minimum absolute atomic E-state index is 1.25. The molecule has 4 heteroatoms. The molecule has 0 amide bonds. The lowest BCUT2D eigenvalue weighted by atomic mass is 10.4. The molecular formula is C12H20BrISi2. The fourth-order valence-corrected chi connectivity index (χ4v) is 9.58.